The van der Waals surface area contributed by atoms with Crippen LogP contribution in [0.4, 0.5) is 0 Å². The van der Waals surface area contributed by atoms with Gasteiger partial charge in [-0.1, -0.05) is 18.2 Å². The van der Waals surface area contributed by atoms with Crippen LogP contribution in [-0.2, 0) is 30.3 Å². The third-order valence-corrected chi connectivity index (χ3v) is 4.36. The van der Waals surface area contributed by atoms with Crippen molar-refractivity contribution >= 4 is 47.3 Å². The molecule has 0 aliphatic heterocycles. The topological polar surface area (TPSA) is 138 Å². The molecule has 2 atom stereocenters. The molecule has 10 heteroatoms. The molecule has 2 aromatic rings. The summed E-state index contributed by atoms with van der Waals surface area (Å²) in [6.07, 6.45) is 1.22. The zero-order valence-electron chi connectivity index (χ0n) is 15.1. The molecule has 4 N–H and O–H groups in total. The second-order valence-corrected chi connectivity index (χ2v) is 6.34. The van der Waals surface area contributed by atoms with Crippen LogP contribution in [-0.4, -0.2) is 58.8 Å². The van der Waals surface area contributed by atoms with E-state index in [4.69, 9.17) is 9.84 Å². The molecule has 1 aromatic carbocycles. The van der Waals surface area contributed by atoms with Gasteiger partial charge in [0.2, 0.25) is 11.8 Å². The lowest BCUT2D eigenvalue weighted by Gasteiger charge is -2.21. The van der Waals surface area contributed by atoms with E-state index < -0.39 is 42.3 Å². The Morgan fingerprint density at radius 1 is 1.18 bits per heavy atom. The second-order valence-electron chi connectivity index (χ2n) is 6.02. The van der Waals surface area contributed by atoms with Gasteiger partial charge in [-0.15, -0.1) is 0 Å². The highest BCUT2D eigenvalue weighted by Gasteiger charge is 2.29. The van der Waals surface area contributed by atoms with Gasteiger partial charge in [0.15, 0.2) is 0 Å². The van der Waals surface area contributed by atoms with Crippen molar-refractivity contribution in [3.05, 3.63) is 36.0 Å². The number of amides is 2. The number of carbonyl (C=O) groups is 4. The van der Waals surface area contributed by atoms with E-state index in [1.54, 1.807) is 6.20 Å². The van der Waals surface area contributed by atoms with Crippen LogP contribution in [0.1, 0.15) is 12.0 Å². The maximum Gasteiger partial charge on any atom is 0.328 e. The van der Waals surface area contributed by atoms with Crippen molar-refractivity contribution in [2.75, 3.05) is 12.9 Å². The molecule has 0 spiro atoms. The van der Waals surface area contributed by atoms with Gasteiger partial charge in [-0.25, -0.2) is 4.79 Å². The number of esters is 1. The van der Waals surface area contributed by atoms with E-state index >= 15 is 0 Å². The standard InChI is InChI=1S/C18H21N3O6S/c1-27-18(26)14(6-10-8-19-12-5-3-2-4-11(10)12)21-17(25)13(7-16(23)24)20-15(22)9-28/h2-5,8,13-14,19,28H,6-7,9H2,1H3,(H,20,22)(H,21,25)(H,23,24). The number of aromatic nitrogens is 1. The van der Waals surface area contributed by atoms with E-state index in [0.717, 1.165) is 16.5 Å². The lowest BCUT2D eigenvalue weighted by molar-refractivity contribution is -0.145. The average molecular weight is 407 g/mol. The molecule has 0 radical (unpaired) electrons. The monoisotopic (exact) mass is 407 g/mol. The number of benzene rings is 1. The number of rotatable bonds is 9. The van der Waals surface area contributed by atoms with Crippen LogP contribution < -0.4 is 10.6 Å². The number of nitrogens with one attached hydrogen (secondary N) is 3. The molecule has 0 saturated carbocycles. The Balaban J connectivity index is 2.19. The highest BCUT2D eigenvalue weighted by molar-refractivity contribution is 7.81. The number of ether oxygens (including phenoxy) is 1. The molecule has 150 valence electrons. The molecular weight excluding hydrogens is 386 g/mol. The molecular formula is C18H21N3O6S. The molecule has 1 heterocycles. The number of carboxylic acids is 1. The molecule has 1 aromatic heterocycles. The van der Waals surface area contributed by atoms with Gasteiger partial charge < -0.3 is 25.5 Å². The summed E-state index contributed by atoms with van der Waals surface area (Å²) >= 11 is 3.79. The van der Waals surface area contributed by atoms with Gasteiger partial charge in [-0.2, -0.15) is 12.6 Å². The zero-order valence-corrected chi connectivity index (χ0v) is 16.0. The van der Waals surface area contributed by atoms with Gasteiger partial charge in [0.25, 0.3) is 0 Å². The second kappa shape index (κ2) is 9.79. The number of aromatic amines is 1. The average Bonchev–Trinajstić information content (AvgIpc) is 3.08. The summed E-state index contributed by atoms with van der Waals surface area (Å²) in [6.45, 7) is 0. The molecule has 0 bridgehead atoms. The number of fused-ring (bicyclic) bond motifs is 1. The largest absolute Gasteiger partial charge is 0.481 e. The lowest BCUT2D eigenvalue weighted by atomic mass is 10.0. The summed E-state index contributed by atoms with van der Waals surface area (Å²) < 4.78 is 4.76. The maximum absolute atomic E-state index is 12.5. The normalized spacial score (nSPS) is 12.8. The predicted octanol–water partition coefficient (Wildman–Crippen LogP) is 0.257. The minimum Gasteiger partial charge on any atom is -0.481 e. The molecule has 0 saturated heterocycles. The van der Waals surface area contributed by atoms with E-state index in [0.29, 0.717) is 0 Å². The Morgan fingerprint density at radius 3 is 2.54 bits per heavy atom. The molecule has 9 nitrogen and oxygen atoms in total. The van der Waals surface area contributed by atoms with Crippen molar-refractivity contribution in [2.45, 2.75) is 24.9 Å². The smallest absolute Gasteiger partial charge is 0.328 e. The number of H-pyrrole nitrogens is 1. The third kappa shape index (κ3) is 5.49. The van der Waals surface area contributed by atoms with Gasteiger partial charge in [0.05, 0.1) is 19.3 Å². The summed E-state index contributed by atoms with van der Waals surface area (Å²) in [7, 11) is 1.19. The van der Waals surface area contributed by atoms with Gasteiger partial charge in [0, 0.05) is 23.5 Å². The number of carboxylic acid groups (broad SMARTS) is 1. The fourth-order valence-electron chi connectivity index (χ4n) is 2.75. The number of carbonyl (C=O) groups excluding carboxylic acids is 3. The highest BCUT2D eigenvalue weighted by Crippen LogP contribution is 2.19. The predicted molar refractivity (Wildman–Crippen MR) is 104 cm³/mol. The quantitative estimate of drug-likeness (QED) is 0.299. The Labute approximate surface area is 166 Å². The Hall–Kier alpha value is -3.01. The SMILES string of the molecule is COC(=O)C(Cc1c[nH]c2ccccc12)NC(=O)C(CC(=O)O)NC(=O)CS. The molecule has 2 unspecified atom stereocenters. The number of hydrogen-bond donors (Lipinski definition) is 5. The minimum atomic E-state index is -1.34. The van der Waals surface area contributed by atoms with Gasteiger partial charge in [-0.05, 0) is 11.6 Å². The molecule has 0 fully saturated rings. The van der Waals surface area contributed by atoms with Gasteiger partial charge in [-0.3, -0.25) is 14.4 Å². The third-order valence-electron chi connectivity index (χ3n) is 4.08. The fraction of sp³-hybridized carbons (Fsp3) is 0.333. The highest BCUT2D eigenvalue weighted by atomic mass is 32.1. The van der Waals surface area contributed by atoms with Gasteiger partial charge in [0.1, 0.15) is 12.1 Å². The number of thiol groups is 1. The van der Waals surface area contributed by atoms with E-state index in [9.17, 15) is 19.2 Å². The van der Waals surface area contributed by atoms with Crippen LogP contribution in [0.2, 0.25) is 0 Å². The Kier molecular flexibility index (Phi) is 7.44. The van der Waals surface area contributed by atoms with Crippen molar-refractivity contribution in [1.29, 1.82) is 0 Å². The van der Waals surface area contributed by atoms with E-state index in [2.05, 4.69) is 28.2 Å². The number of aliphatic carboxylic acids is 1. The summed E-state index contributed by atoms with van der Waals surface area (Å²) in [5.74, 6) is -3.57. The number of methoxy groups -OCH3 is 1. The molecule has 2 rings (SSSR count). The first-order valence-corrected chi connectivity index (χ1v) is 9.04. The van der Waals surface area contributed by atoms with E-state index in [1.165, 1.54) is 7.11 Å². The first-order chi connectivity index (χ1) is 13.3. The van der Waals surface area contributed by atoms with Crippen molar-refractivity contribution in [1.82, 2.24) is 15.6 Å². The summed E-state index contributed by atoms with van der Waals surface area (Å²) in [6, 6.07) is 5.07. The minimum absolute atomic E-state index is 0.128. The van der Waals surface area contributed by atoms with Crippen molar-refractivity contribution in [2.24, 2.45) is 0 Å². The van der Waals surface area contributed by atoms with Crippen molar-refractivity contribution in [3.8, 4) is 0 Å². The van der Waals surface area contributed by atoms with E-state index in [1.807, 2.05) is 24.3 Å². The van der Waals surface area contributed by atoms with Crippen LogP contribution >= 0.6 is 12.6 Å². The van der Waals surface area contributed by atoms with Crippen LogP contribution in [0.25, 0.3) is 10.9 Å². The van der Waals surface area contributed by atoms with Crippen LogP contribution in [0, 0.1) is 0 Å². The Morgan fingerprint density at radius 2 is 1.89 bits per heavy atom. The van der Waals surface area contributed by atoms with E-state index in [-0.39, 0.29) is 12.2 Å². The Bertz CT molecular complexity index is 881. The van der Waals surface area contributed by atoms with Crippen molar-refractivity contribution < 1.29 is 29.0 Å². The number of hydrogen-bond acceptors (Lipinski definition) is 6. The summed E-state index contributed by atoms with van der Waals surface area (Å²) in [5, 5.41) is 14.6. The van der Waals surface area contributed by atoms with Crippen LogP contribution in [0.3, 0.4) is 0 Å². The summed E-state index contributed by atoms with van der Waals surface area (Å²) in [5.41, 5.74) is 1.65. The molecule has 2 amide bonds. The molecule has 0 aliphatic carbocycles. The zero-order chi connectivity index (χ0) is 20.7. The van der Waals surface area contributed by atoms with Crippen LogP contribution in [0.15, 0.2) is 30.5 Å². The first kappa shape index (κ1) is 21.3. The van der Waals surface area contributed by atoms with Crippen molar-refractivity contribution in [3.63, 3.8) is 0 Å². The molecule has 28 heavy (non-hydrogen) atoms. The lowest BCUT2D eigenvalue weighted by Crippen LogP contribution is -2.53. The fourth-order valence-corrected chi connectivity index (χ4v) is 2.84. The maximum atomic E-state index is 12.5. The molecule has 0 aliphatic rings. The van der Waals surface area contributed by atoms with Gasteiger partial charge >= 0.3 is 11.9 Å². The number of para-hydroxylation sites is 1. The van der Waals surface area contributed by atoms with Crippen LogP contribution in [0.5, 0.6) is 0 Å². The first-order valence-electron chi connectivity index (χ1n) is 8.41. The summed E-state index contributed by atoms with van der Waals surface area (Å²) in [4.78, 5) is 50.3.